The lowest BCUT2D eigenvalue weighted by atomic mass is 9.99. The van der Waals surface area contributed by atoms with Crippen LogP contribution in [-0.2, 0) is 0 Å². The highest BCUT2D eigenvalue weighted by atomic mass is 16.2. The second-order valence-corrected chi connectivity index (χ2v) is 6.07. The summed E-state index contributed by atoms with van der Waals surface area (Å²) in [6, 6.07) is 7.57. The van der Waals surface area contributed by atoms with Crippen molar-refractivity contribution >= 4 is 17.3 Å². The van der Waals surface area contributed by atoms with Crippen LogP contribution in [0.3, 0.4) is 0 Å². The Morgan fingerprint density at radius 3 is 2.55 bits per heavy atom. The Bertz CT molecular complexity index is 533. The van der Waals surface area contributed by atoms with E-state index in [2.05, 4.69) is 10.5 Å². The minimum atomic E-state index is -0.120. The van der Waals surface area contributed by atoms with E-state index >= 15 is 0 Å². The maximum absolute atomic E-state index is 12.1. The molecule has 2 fully saturated rings. The Labute approximate surface area is 119 Å². The Kier molecular flexibility index (Phi) is 3.47. The number of fused-ring (bicyclic) bond motifs is 2. The van der Waals surface area contributed by atoms with Gasteiger partial charge in [-0.2, -0.15) is 5.10 Å². The lowest BCUT2D eigenvalue weighted by Crippen LogP contribution is -2.22. The first-order valence-corrected chi connectivity index (χ1v) is 7.27. The van der Waals surface area contributed by atoms with Gasteiger partial charge in [0.05, 0.1) is 0 Å². The molecule has 2 bridgehead atoms. The van der Waals surface area contributed by atoms with Crippen molar-refractivity contribution in [2.24, 2.45) is 16.9 Å². The van der Waals surface area contributed by atoms with Gasteiger partial charge in [0.2, 0.25) is 0 Å². The summed E-state index contributed by atoms with van der Waals surface area (Å²) in [4.78, 5) is 14.1. The summed E-state index contributed by atoms with van der Waals surface area (Å²) in [5.74, 6) is 1.32. The van der Waals surface area contributed by atoms with Crippen LogP contribution in [0.5, 0.6) is 0 Å². The fourth-order valence-corrected chi connectivity index (χ4v) is 3.26. The van der Waals surface area contributed by atoms with Crippen LogP contribution in [0.2, 0.25) is 0 Å². The molecular formula is C16H21N3O. The maximum atomic E-state index is 12.1. The predicted molar refractivity (Wildman–Crippen MR) is 81.1 cm³/mol. The maximum Gasteiger partial charge on any atom is 0.271 e. The minimum absolute atomic E-state index is 0.120. The van der Waals surface area contributed by atoms with E-state index in [0.29, 0.717) is 11.5 Å². The van der Waals surface area contributed by atoms with E-state index in [-0.39, 0.29) is 5.91 Å². The molecule has 2 aliphatic rings. The van der Waals surface area contributed by atoms with Crippen LogP contribution in [0.25, 0.3) is 0 Å². The molecule has 1 aromatic rings. The van der Waals surface area contributed by atoms with Crippen molar-refractivity contribution in [2.45, 2.75) is 25.7 Å². The van der Waals surface area contributed by atoms with Gasteiger partial charge in [0.25, 0.3) is 5.91 Å². The number of carbonyl (C=O) groups is 1. The summed E-state index contributed by atoms with van der Waals surface area (Å²) in [6.45, 7) is 0. The van der Waals surface area contributed by atoms with E-state index < -0.39 is 0 Å². The summed E-state index contributed by atoms with van der Waals surface area (Å²) in [7, 11) is 3.96. The van der Waals surface area contributed by atoms with Crippen LogP contribution in [0.4, 0.5) is 5.69 Å². The molecule has 0 aromatic heterocycles. The molecule has 2 atom stereocenters. The van der Waals surface area contributed by atoms with Crippen LogP contribution < -0.4 is 10.3 Å². The number of nitrogens with zero attached hydrogens (tertiary/aromatic N) is 2. The third kappa shape index (κ3) is 2.55. The fraction of sp³-hybridized carbons (Fsp3) is 0.500. The Balaban J connectivity index is 1.63. The normalized spacial score (nSPS) is 26.0. The zero-order valence-electron chi connectivity index (χ0n) is 12.1. The van der Waals surface area contributed by atoms with Crippen LogP contribution in [0.1, 0.15) is 36.0 Å². The molecule has 1 amide bonds. The average molecular weight is 271 g/mol. The van der Waals surface area contributed by atoms with Crippen molar-refractivity contribution < 1.29 is 4.79 Å². The van der Waals surface area contributed by atoms with Gasteiger partial charge in [0.1, 0.15) is 0 Å². The van der Waals surface area contributed by atoms with Crippen molar-refractivity contribution in [3.05, 3.63) is 29.8 Å². The molecule has 106 valence electrons. The van der Waals surface area contributed by atoms with E-state index in [9.17, 15) is 4.79 Å². The van der Waals surface area contributed by atoms with Gasteiger partial charge < -0.3 is 4.90 Å². The number of anilines is 1. The Hall–Kier alpha value is -1.84. The van der Waals surface area contributed by atoms with Crippen molar-refractivity contribution in [3.8, 4) is 0 Å². The number of amides is 1. The molecule has 0 aliphatic heterocycles. The standard InChI is InChI=1S/C16H21N3O/c1-19(2)14-7-5-12(6-8-14)16(20)18-17-15-10-11-3-4-13(15)9-11/h5-8,11,13H,3-4,9-10H2,1-2H3,(H,18,20)/b17-15+/t11-,13+/m0/s1. The molecule has 3 rings (SSSR count). The van der Waals surface area contributed by atoms with E-state index in [4.69, 9.17) is 0 Å². The monoisotopic (exact) mass is 271 g/mol. The molecule has 4 heteroatoms. The zero-order chi connectivity index (χ0) is 14.1. The lowest BCUT2D eigenvalue weighted by Gasteiger charge is -2.13. The largest absolute Gasteiger partial charge is 0.378 e. The molecule has 2 saturated carbocycles. The van der Waals surface area contributed by atoms with Crippen LogP contribution in [-0.4, -0.2) is 25.7 Å². The average Bonchev–Trinajstić information content (AvgIpc) is 3.07. The van der Waals surface area contributed by atoms with Gasteiger partial charge >= 0.3 is 0 Å². The van der Waals surface area contributed by atoms with Crippen molar-refractivity contribution in [3.63, 3.8) is 0 Å². The molecule has 2 aliphatic carbocycles. The number of hydrazone groups is 1. The zero-order valence-corrected chi connectivity index (χ0v) is 12.1. The first-order valence-electron chi connectivity index (χ1n) is 7.27. The van der Waals surface area contributed by atoms with Crippen LogP contribution in [0, 0.1) is 11.8 Å². The predicted octanol–water partition coefficient (Wildman–Crippen LogP) is 2.66. The van der Waals surface area contributed by atoms with Crippen molar-refractivity contribution in [2.75, 3.05) is 19.0 Å². The third-order valence-electron chi connectivity index (χ3n) is 4.46. The smallest absolute Gasteiger partial charge is 0.271 e. The Morgan fingerprint density at radius 2 is 2.00 bits per heavy atom. The quantitative estimate of drug-likeness (QED) is 0.859. The molecule has 0 radical (unpaired) electrons. The molecule has 1 aromatic carbocycles. The third-order valence-corrected chi connectivity index (χ3v) is 4.46. The van der Waals surface area contributed by atoms with Crippen LogP contribution in [0.15, 0.2) is 29.4 Å². The first-order chi connectivity index (χ1) is 9.63. The van der Waals surface area contributed by atoms with Gasteiger partial charge in [-0.1, -0.05) is 0 Å². The molecule has 0 saturated heterocycles. The van der Waals surface area contributed by atoms with Gasteiger partial charge in [0, 0.05) is 31.1 Å². The summed E-state index contributed by atoms with van der Waals surface area (Å²) in [5, 5.41) is 4.35. The minimum Gasteiger partial charge on any atom is -0.378 e. The summed E-state index contributed by atoms with van der Waals surface area (Å²) in [6.07, 6.45) is 4.93. The van der Waals surface area contributed by atoms with Crippen molar-refractivity contribution in [1.82, 2.24) is 5.43 Å². The van der Waals surface area contributed by atoms with Crippen molar-refractivity contribution in [1.29, 1.82) is 0 Å². The molecular weight excluding hydrogens is 250 g/mol. The molecule has 0 spiro atoms. The Morgan fingerprint density at radius 1 is 1.25 bits per heavy atom. The van der Waals surface area contributed by atoms with Crippen LogP contribution >= 0.6 is 0 Å². The molecule has 1 N–H and O–H groups in total. The molecule has 4 nitrogen and oxygen atoms in total. The van der Waals surface area contributed by atoms with E-state index in [1.807, 2.05) is 43.3 Å². The van der Waals surface area contributed by atoms with Gasteiger partial charge in [0.15, 0.2) is 0 Å². The van der Waals surface area contributed by atoms with E-state index in [1.165, 1.54) is 25.0 Å². The van der Waals surface area contributed by atoms with E-state index in [1.54, 1.807) is 0 Å². The molecule has 0 unspecified atom stereocenters. The second-order valence-electron chi connectivity index (χ2n) is 6.07. The SMILES string of the molecule is CN(C)c1ccc(C(=O)N/N=C2\C[C@H]3CC[C@@H]2C3)cc1. The highest BCUT2D eigenvalue weighted by Gasteiger charge is 2.36. The summed E-state index contributed by atoms with van der Waals surface area (Å²) < 4.78 is 0. The number of hydrogen-bond donors (Lipinski definition) is 1. The fourth-order valence-electron chi connectivity index (χ4n) is 3.26. The number of rotatable bonds is 3. The summed E-state index contributed by atoms with van der Waals surface area (Å²) >= 11 is 0. The topological polar surface area (TPSA) is 44.7 Å². The number of benzene rings is 1. The first kappa shape index (κ1) is 13.2. The van der Waals surface area contributed by atoms with E-state index in [0.717, 1.165) is 18.0 Å². The van der Waals surface area contributed by atoms with Gasteiger partial charge in [-0.25, -0.2) is 5.43 Å². The number of carbonyl (C=O) groups excluding carboxylic acids is 1. The second kappa shape index (κ2) is 5.27. The van der Waals surface area contributed by atoms with Gasteiger partial charge in [-0.3, -0.25) is 4.79 Å². The van der Waals surface area contributed by atoms with Gasteiger partial charge in [-0.05, 0) is 61.8 Å². The highest BCUT2D eigenvalue weighted by molar-refractivity contribution is 5.96. The summed E-state index contributed by atoms with van der Waals surface area (Å²) in [5.41, 5.74) is 5.64. The highest BCUT2D eigenvalue weighted by Crippen LogP contribution is 2.42. The number of hydrogen-bond acceptors (Lipinski definition) is 3. The molecule has 20 heavy (non-hydrogen) atoms. The number of nitrogens with one attached hydrogen (secondary N) is 1. The molecule has 0 heterocycles. The van der Waals surface area contributed by atoms with Gasteiger partial charge in [-0.15, -0.1) is 0 Å². The lowest BCUT2D eigenvalue weighted by molar-refractivity contribution is 0.0954.